The largest absolute Gasteiger partial charge is 0.534 e. The Morgan fingerprint density at radius 1 is 0.933 bits per heavy atom. The first-order valence-electron chi connectivity index (χ1n) is 8.84. The number of halogens is 3. The number of rotatable bonds is 2. The van der Waals surface area contributed by atoms with E-state index in [1.54, 1.807) is 17.7 Å². The van der Waals surface area contributed by atoms with E-state index >= 15 is 0 Å². The van der Waals surface area contributed by atoms with Gasteiger partial charge in [-0.25, -0.2) is 0 Å². The van der Waals surface area contributed by atoms with Crippen LogP contribution in [0.2, 0.25) is 0 Å². The van der Waals surface area contributed by atoms with E-state index in [1.807, 2.05) is 42.5 Å². The highest BCUT2D eigenvalue weighted by Gasteiger charge is 2.48. The van der Waals surface area contributed by atoms with E-state index in [1.165, 1.54) is 12.1 Å². The Morgan fingerprint density at radius 3 is 2.43 bits per heavy atom. The average Bonchev–Trinajstić information content (AvgIpc) is 2.69. The second-order valence-electron chi connectivity index (χ2n) is 6.85. The van der Waals surface area contributed by atoms with Gasteiger partial charge in [-0.05, 0) is 30.3 Å². The molecule has 1 aromatic heterocycles. The van der Waals surface area contributed by atoms with Gasteiger partial charge in [0.1, 0.15) is 24.3 Å². The van der Waals surface area contributed by atoms with E-state index in [0.717, 1.165) is 27.4 Å². The van der Waals surface area contributed by atoms with Crippen molar-refractivity contribution in [1.82, 2.24) is 0 Å². The lowest BCUT2D eigenvalue weighted by Gasteiger charge is -2.20. The highest BCUT2D eigenvalue weighted by molar-refractivity contribution is 7.88. The number of aromatic nitrogens is 1. The SMILES string of the molecule is C[n+]1c2c3c(cccc3c3ccc(OS(=O)(=O)C(F)(F)F)cc31)Oc1ccccc1-2. The Hall–Kier alpha value is -3.33. The van der Waals surface area contributed by atoms with Crippen LogP contribution in [0.4, 0.5) is 13.2 Å². The molecular formula is C21H13F3NO4S+. The van der Waals surface area contributed by atoms with Crippen molar-refractivity contribution >= 4 is 31.8 Å². The third-order valence-corrected chi connectivity index (χ3v) is 6.05. The highest BCUT2D eigenvalue weighted by Crippen LogP contribution is 2.46. The Bertz CT molecular complexity index is 1460. The van der Waals surface area contributed by atoms with Crippen LogP contribution in [0.25, 0.3) is 32.9 Å². The molecular weight excluding hydrogens is 419 g/mol. The van der Waals surface area contributed by atoms with Crippen LogP contribution in [0.15, 0.2) is 60.7 Å². The molecule has 0 radical (unpaired) electrons. The molecule has 0 aliphatic carbocycles. The predicted octanol–water partition coefficient (Wildman–Crippen LogP) is 4.82. The van der Waals surface area contributed by atoms with Crippen molar-refractivity contribution in [1.29, 1.82) is 0 Å². The van der Waals surface area contributed by atoms with Gasteiger partial charge in [-0.15, -0.1) is 0 Å². The molecule has 0 atom stereocenters. The van der Waals surface area contributed by atoms with Crippen LogP contribution in [0, 0.1) is 0 Å². The molecule has 0 fully saturated rings. The molecule has 0 saturated heterocycles. The summed E-state index contributed by atoms with van der Waals surface area (Å²) in [6.45, 7) is 0. The maximum absolute atomic E-state index is 12.7. The lowest BCUT2D eigenvalue weighted by molar-refractivity contribution is -0.632. The smallest absolute Gasteiger partial charge is 0.456 e. The number of para-hydroxylation sites is 1. The van der Waals surface area contributed by atoms with Gasteiger partial charge < -0.3 is 8.92 Å². The molecule has 0 N–H and O–H groups in total. The molecule has 2 heterocycles. The second-order valence-corrected chi connectivity index (χ2v) is 8.38. The number of hydrogen-bond donors (Lipinski definition) is 0. The number of fused-ring (bicyclic) bond motifs is 4. The molecule has 4 aromatic rings. The summed E-state index contributed by atoms with van der Waals surface area (Å²) >= 11 is 0. The zero-order chi connectivity index (χ0) is 21.3. The number of alkyl halides is 3. The lowest BCUT2D eigenvalue weighted by Crippen LogP contribution is -2.33. The van der Waals surface area contributed by atoms with Crippen molar-refractivity contribution in [3.63, 3.8) is 0 Å². The van der Waals surface area contributed by atoms with Crippen molar-refractivity contribution < 1.29 is 35.1 Å². The Balaban J connectivity index is 1.82. The minimum atomic E-state index is -5.76. The maximum atomic E-state index is 12.7. The van der Waals surface area contributed by atoms with Gasteiger partial charge in [-0.3, -0.25) is 0 Å². The van der Waals surface area contributed by atoms with Gasteiger partial charge in [0.05, 0.1) is 22.4 Å². The zero-order valence-electron chi connectivity index (χ0n) is 15.4. The normalized spacial score (nSPS) is 13.2. The standard InChI is InChI=1S/C21H13F3NO4S/c1-25-16-11-12(29-30(26,27)21(22,23)24)9-10-13(16)14-6-4-8-18-19(14)20(25)15-5-2-3-7-17(15)28-18/h2-11H,1H3/q+1. The number of hydrogen-bond acceptors (Lipinski definition) is 4. The molecule has 0 amide bonds. The Kier molecular flexibility index (Phi) is 3.79. The number of aryl methyl sites for hydroxylation is 1. The first-order valence-corrected chi connectivity index (χ1v) is 10.2. The summed E-state index contributed by atoms with van der Waals surface area (Å²) in [5.41, 5.74) is -3.36. The van der Waals surface area contributed by atoms with Crippen molar-refractivity contribution in [3.8, 4) is 28.5 Å². The van der Waals surface area contributed by atoms with Gasteiger partial charge in [-0.2, -0.15) is 26.2 Å². The molecule has 3 aromatic carbocycles. The number of ether oxygens (including phenoxy) is 1. The van der Waals surface area contributed by atoms with Crippen LogP contribution in [-0.2, 0) is 17.2 Å². The Labute approximate surface area is 169 Å². The van der Waals surface area contributed by atoms with Crippen molar-refractivity contribution in [2.75, 3.05) is 0 Å². The number of pyridine rings is 1. The van der Waals surface area contributed by atoms with Crippen molar-refractivity contribution in [2.45, 2.75) is 5.51 Å². The zero-order valence-corrected chi connectivity index (χ0v) is 16.2. The number of benzene rings is 3. The van der Waals surface area contributed by atoms with Gasteiger partial charge in [0, 0.05) is 5.39 Å². The van der Waals surface area contributed by atoms with E-state index in [0.29, 0.717) is 17.0 Å². The van der Waals surface area contributed by atoms with Gasteiger partial charge in [0.2, 0.25) is 11.2 Å². The van der Waals surface area contributed by atoms with E-state index in [4.69, 9.17) is 4.74 Å². The first kappa shape index (κ1) is 18.7. The van der Waals surface area contributed by atoms with Crippen LogP contribution in [0.5, 0.6) is 17.2 Å². The molecule has 5 rings (SSSR count). The molecule has 5 nitrogen and oxygen atoms in total. The predicted molar refractivity (Wildman–Crippen MR) is 104 cm³/mol. The van der Waals surface area contributed by atoms with Crippen LogP contribution >= 0.6 is 0 Å². The summed E-state index contributed by atoms with van der Waals surface area (Å²) in [5.74, 6) is 0.900. The van der Waals surface area contributed by atoms with Gasteiger partial charge in [0.15, 0.2) is 0 Å². The molecule has 0 saturated carbocycles. The fourth-order valence-electron chi connectivity index (χ4n) is 3.80. The Morgan fingerprint density at radius 2 is 1.67 bits per heavy atom. The van der Waals surface area contributed by atoms with Crippen LogP contribution < -0.4 is 13.5 Å². The third-order valence-electron chi connectivity index (χ3n) is 5.07. The third kappa shape index (κ3) is 2.62. The minimum absolute atomic E-state index is 0.418. The van der Waals surface area contributed by atoms with E-state index in [9.17, 15) is 21.6 Å². The average molecular weight is 432 g/mol. The molecule has 1 aliphatic rings. The molecule has 0 bridgehead atoms. The second kappa shape index (κ2) is 6.09. The molecule has 9 heteroatoms. The van der Waals surface area contributed by atoms with Crippen LogP contribution in [0.3, 0.4) is 0 Å². The maximum Gasteiger partial charge on any atom is 0.534 e. The quantitative estimate of drug-likeness (QED) is 0.174. The molecule has 0 unspecified atom stereocenters. The van der Waals surface area contributed by atoms with E-state index < -0.39 is 21.4 Å². The number of nitrogens with zero attached hydrogens (tertiary/aromatic N) is 1. The van der Waals surface area contributed by atoms with Gasteiger partial charge in [-0.1, -0.05) is 24.3 Å². The van der Waals surface area contributed by atoms with Crippen molar-refractivity contribution in [3.05, 3.63) is 60.7 Å². The van der Waals surface area contributed by atoms with Gasteiger partial charge >= 0.3 is 15.6 Å². The summed E-state index contributed by atoms with van der Waals surface area (Å²) < 4.78 is 73.2. The fraction of sp³-hybridized carbons (Fsp3) is 0.0952. The lowest BCUT2D eigenvalue weighted by atomic mass is 9.96. The van der Waals surface area contributed by atoms with Gasteiger partial charge in [0.25, 0.3) is 0 Å². The summed E-state index contributed by atoms with van der Waals surface area (Å²) in [6, 6.07) is 17.0. The highest BCUT2D eigenvalue weighted by atomic mass is 32.2. The first-order chi connectivity index (χ1) is 14.2. The van der Waals surface area contributed by atoms with E-state index in [-0.39, 0.29) is 0 Å². The molecule has 30 heavy (non-hydrogen) atoms. The molecule has 152 valence electrons. The monoisotopic (exact) mass is 432 g/mol. The molecule has 1 aliphatic heterocycles. The molecule has 0 spiro atoms. The van der Waals surface area contributed by atoms with Crippen LogP contribution in [0.1, 0.15) is 0 Å². The summed E-state index contributed by atoms with van der Waals surface area (Å²) in [7, 11) is -4.00. The topological polar surface area (TPSA) is 56.5 Å². The van der Waals surface area contributed by atoms with Crippen LogP contribution in [-0.4, -0.2) is 13.9 Å². The van der Waals surface area contributed by atoms with Crippen molar-refractivity contribution in [2.24, 2.45) is 7.05 Å². The summed E-state index contributed by atoms with van der Waals surface area (Å²) in [4.78, 5) is 0. The summed E-state index contributed by atoms with van der Waals surface area (Å²) in [5, 5.41) is 2.41. The van der Waals surface area contributed by atoms with E-state index in [2.05, 4.69) is 4.18 Å². The minimum Gasteiger partial charge on any atom is -0.456 e. The fourth-order valence-corrected chi connectivity index (χ4v) is 4.25. The summed E-state index contributed by atoms with van der Waals surface area (Å²) in [6.07, 6.45) is 0.